The number of allylic oxidation sites excluding steroid dienone is 1. The molecule has 14 heavy (non-hydrogen) atoms. The standard InChI is InChI=1S/C12H23NO/c1-3-12(2,10-14)9-13-11-7-5-4-6-8-11/h4-5,11,13-14H,3,6-10H2,1-2H3. The smallest absolute Gasteiger partial charge is 0.0496 e. The summed E-state index contributed by atoms with van der Waals surface area (Å²) in [6, 6.07) is 0.623. The van der Waals surface area contributed by atoms with Gasteiger partial charge in [-0.3, -0.25) is 0 Å². The number of nitrogens with one attached hydrogen (secondary N) is 1. The van der Waals surface area contributed by atoms with Crippen LogP contribution in [0.2, 0.25) is 0 Å². The van der Waals surface area contributed by atoms with Gasteiger partial charge in [-0.2, -0.15) is 0 Å². The summed E-state index contributed by atoms with van der Waals surface area (Å²) in [5, 5.41) is 12.8. The van der Waals surface area contributed by atoms with Gasteiger partial charge in [0.05, 0.1) is 0 Å². The summed E-state index contributed by atoms with van der Waals surface area (Å²) in [5.74, 6) is 0. The molecule has 0 heterocycles. The molecule has 2 heteroatoms. The molecular formula is C12H23NO. The van der Waals surface area contributed by atoms with Crippen molar-refractivity contribution in [2.45, 2.75) is 45.6 Å². The maximum atomic E-state index is 9.26. The summed E-state index contributed by atoms with van der Waals surface area (Å²) in [6.45, 7) is 5.48. The Morgan fingerprint density at radius 3 is 2.79 bits per heavy atom. The highest BCUT2D eigenvalue weighted by atomic mass is 16.3. The van der Waals surface area contributed by atoms with E-state index >= 15 is 0 Å². The van der Waals surface area contributed by atoms with Crippen LogP contribution in [0, 0.1) is 5.41 Å². The van der Waals surface area contributed by atoms with E-state index in [1.54, 1.807) is 0 Å². The summed E-state index contributed by atoms with van der Waals surface area (Å²) >= 11 is 0. The van der Waals surface area contributed by atoms with E-state index in [4.69, 9.17) is 0 Å². The Balaban J connectivity index is 2.27. The number of hydrogen-bond acceptors (Lipinski definition) is 2. The normalized spacial score (nSPS) is 26.1. The van der Waals surface area contributed by atoms with Crippen molar-refractivity contribution in [1.29, 1.82) is 0 Å². The van der Waals surface area contributed by atoms with Crippen molar-refractivity contribution in [1.82, 2.24) is 5.32 Å². The van der Waals surface area contributed by atoms with E-state index < -0.39 is 0 Å². The lowest BCUT2D eigenvalue weighted by Crippen LogP contribution is -2.40. The topological polar surface area (TPSA) is 32.3 Å². The van der Waals surface area contributed by atoms with Crippen molar-refractivity contribution in [3.8, 4) is 0 Å². The maximum absolute atomic E-state index is 9.26. The average molecular weight is 197 g/mol. The molecule has 2 nitrogen and oxygen atoms in total. The third-order valence-electron chi connectivity index (χ3n) is 3.32. The first kappa shape index (κ1) is 11.7. The van der Waals surface area contributed by atoms with Crippen LogP contribution in [-0.2, 0) is 0 Å². The zero-order chi connectivity index (χ0) is 10.4. The van der Waals surface area contributed by atoms with Gasteiger partial charge in [0.15, 0.2) is 0 Å². The molecule has 1 aliphatic rings. The Labute approximate surface area is 87.4 Å². The lowest BCUT2D eigenvalue weighted by Gasteiger charge is -2.29. The van der Waals surface area contributed by atoms with E-state index in [9.17, 15) is 5.11 Å². The van der Waals surface area contributed by atoms with E-state index in [0.29, 0.717) is 6.04 Å². The fourth-order valence-electron chi connectivity index (χ4n) is 1.66. The molecule has 0 radical (unpaired) electrons. The number of rotatable bonds is 5. The van der Waals surface area contributed by atoms with Crippen LogP contribution in [0.3, 0.4) is 0 Å². The second-order valence-electron chi connectivity index (χ2n) is 4.68. The fourth-order valence-corrected chi connectivity index (χ4v) is 1.66. The minimum Gasteiger partial charge on any atom is -0.396 e. The van der Waals surface area contributed by atoms with E-state index in [0.717, 1.165) is 19.4 Å². The van der Waals surface area contributed by atoms with Crippen molar-refractivity contribution >= 4 is 0 Å². The number of hydrogen-bond donors (Lipinski definition) is 2. The van der Waals surface area contributed by atoms with Crippen molar-refractivity contribution in [3.05, 3.63) is 12.2 Å². The Hall–Kier alpha value is -0.340. The van der Waals surface area contributed by atoms with Crippen molar-refractivity contribution in [2.75, 3.05) is 13.2 Å². The van der Waals surface area contributed by atoms with Gasteiger partial charge in [-0.1, -0.05) is 26.0 Å². The molecule has 0 saturated carbocycles. The molecule has 2 N–H and O–H groups in total. The number of aliphatic hydroxyl groups excluding tert-OH is 1. The Bertz CT molecular complexity index is 185. The van der Waals surface area contributed by atoms with E-state index in [-0.39, 0.29) is 12.0 Å². The minimum atomic E-state index is 0.0567. The van der Waals surface area contributed by atoms with Gasteiger partial charge < -0.3 is 10.4 Å². The quantitative estimate of drug-likeness (QED) is 0.661. The highest BCUT2D eigenvalue weighted by Crippen LogP contribution is 2.20. The molecule has 0 aromatic heterocycles. The van der Waals surface area contributed by atoms with Crippen LogP contribution in [0.4, 0.5) is 0 Å². The summed E-state index contributed by atoms with van der Waals surface area (Å²) in [6.07, 6.45) is 9.11. The molecule has 0 amide bonds. The van der Waals surface area contributed by atoms with Gasteiger partial charge in [0.2, 0.25) is 0 Å². The predicted octanol–water partition coefficient (Wildman–Crippen LogP) is 2.09. The first-order chi connectivity index (χ1) is 6.70. The second-order valence-corrected chi connectivity index (χ2v) is 4.68. The molecule has 1 rings (SSSR count). The van der Waals surface area contributed by atoms with Gasteiger partial charge >= 0.3 is 0 Å². The average Bonchev–Trinajstić information content (AvgIpc) is 2.27. The third-order valence-corrected chi connectivity index (χ3v) is 3.32. The van der Waals surface area contributed by atoms with Crippen LogP contribution in [0.25, 0.3) is 0 Å². The third kappa shape index (κ3) is 3.43. The Morgan fingerprint density at radius 1 is 1.50 bits per heavy atom. The molecule has 0 aromatic carbocycles. The number of aliphatic hydroxyl groups is 1. The maximum Gasteiger partial charge on any atom is 0.0496 e. The van der Waals surface area contributed by atoms with E-state index in [1.807, 2.05) is 0 Å². The summed E-state index contributed by atoms with van der Waals surface area (Å²) in [4.78, 5) is 0. The van der Waals surface area contributed by atoms with Gasteiger partial charge in [-0.25, -0.2) is 0 Å². The summed E-state index contributed by atoms with van der Waals surface area (Å²) in [5.41, 5.74) is 0.0567. The van der Waals surface area contributed by atoms with Crippen molar-refractivity contribution < 1.29 is 5.11 Å². The molecule has 2 unspecified atom stereocenters. The molecular weight excluding hydrogens is 174 g/mol. The van der Waals surface area contributed by atoms with Gasteiger partial charge in [0, 0.05) is 24.6 Å². The zero-order valence-electron chi connectivity index (χ0n) is 9.42. The predicted molar refractivity (Wildman–Crippen MR) is 60.3 cm³/mol. The highest BCUT2D eigenvalue weighted by molar-refractivity contribution is 4.93. The van der Waals surface area contributed by atoms with Gasteiger partial charge in [0.25, 0.3) is 0 Å². The van der Waals surface area contributed by atoms with Crippen LogP contribution in [-0.4, -0.2) is 24.3 Å². The van der Waals surface area contributed by atoms with E-state index in [2.05, 4.69) is 31.3 Å². The molecule has 0 spiro atoms. The monoisotopic (exact) mass is 197 g/mol. The minimum absolute atomic E-state index is 0.0567. The van der Waals surface area contributed by atoms with Crippen LogP contribution in [0.5, 0.6) is 0 Å². The molecule has 0 aromatic rings. The van der Waals surface area contributed by atoms with Crippen LogP contribution >= 0.6 is 0 Å². The van der Waals surface area contributed by atoms with Crippen LogP contribution in [0.15, 0.2) is 12.2 Å². The SMILES string of the molecule is CCC(C)(CO)CNC1CC=CCC1. The molecule has 1 aliphatic carbocycles. The molecule has 0 aliphatic heterocycles. The van der Waals surface area contributed by atoms with Gasteiger partial charge in [-0.05, 0) is 25.7 Å². The fraction of sp³-hybridized carbons (Fsp3) is 0.833. The summed E-state index contributed by atoms with van der Waals surface area (Å²) < 4.78 is 0. The van der Waals surface area contributed by atoms with Crippen LogP contribution < -0.4 is 5.32 Å². The van der Waals surface area contributed by atoms with E-state index in [1.165, 1.54) is 12.8 Å². The van der Waals surface area contributed by atoms with Crippen molar-refractivity contribution in [2.24, 2.45) is 5.41 Å². The first-order valence-electron chi connectivity index (χ1n) is 5.69. The highest BCUT2D eigenvalue weighted by Gasteiger charge is 2.22. The van der Waals surface area contributed by atoms with Gasteiger partial charge in [-0.15, -0.1) is 0 Å². The lowest BCUT2D eigenvalue weighted by atomic mass is 9.88. The molecule has 82 valence electrons. The van der Waals surface area contributed by atoms with Crippen LogP contribution in [0.1, 0.15) is 39.5 Å². The zero-order valence-corrected chi connectivity index (χ0v) is 9.42. The summed E-state index contributed by atoms with van der Waals surface area (Å²) in [7, 11) is 0. The van der Waals surface area contributed by atoms with Crippen molar-refractivity contribution in [3.63, 3.8) is 0 Å². The van der Waals surface area contributed by atoms with Gasteiger partial charge in [0.1, 0.15) is 0 Å². The molecule has 2 atom stereocenters. The Kier molecular flexibility index (Phi) is 4.63. The molecule has 0 saturated heterocycles. The molecule has 0 bridgehead atoms. The lowest BCUT2D eigenvalue weighted by molar-refractivity contribution is 0.131. The second kappa shape index (κ2) is 5.52. The first-order valence-corrected chi connectivity index (χ1v) is 5.69. The largest absolute Gasteiger partial charge is 0.396 e. The Morgan fingerprint density at radius 2 is 2.29 bits per heavy atom. The molecule has 0 fully saturated rings.